The van der Waals surface area contributed by atoms with Crippen LogP contribution in [0.25, 0.3) is 23.5 Å². The molecule has 1 heterocycles. The molecule has 0 aliphatic rings. The average Bonchev–Trinajstić information content (AvgIpc) is 3.03. The molecule has 5 nitrogen and oxygen atoms in total. The van der Waals surface area contributed by atoms with Gasteiger partial charge in [-0.3, -0.25) is 10.1 Å². The van der Waals surface area contributed by atoms with Gasteiger partial charge in [0.15, 0.2) is 5.76 Å². The lowest BCUT2D eigenvalue weighted by molar-refractivity contribution is -0.384. The number of oxazole rings is 1. The van der Waals surface area contributed by atoms with Gasteiger partial charge in [0.05, 0.1) is 11.1 Å². The summed E-state index contributed by atoms with van der Waals surface area (Å²) >= 11 is 0. The second-order valence-corrected chi connectivity index (χ2v) is 4.61. The summed E-state index contributed by atoms with van der Waals surface area (Å²) in [4.78, 5) is 14.4. The lowest BCUT2D eigenvalue weighted by Crippen LogP contribution is -1.86. The maximum Gasteiger partial charge on any atom is 0.269 e. The predicted octanol–water partition coefficient (Wildman–Crippen LogP) is 4.42. The first-order valence-electron chi connectivity index (χ1n) is 6.66. The fourth-order valence-corrected chi connectivity index (χ4v) is 1.98. The molecule has 3 rings (SSSR count). The summed E-state index contributed by atoms with van der Waals surface area (Å²) in [6, 6.07) is 16.0. The highest BCUT2D eigenvalue weighted by Crippen LogP contribution is 2.21. The summed E-state index contributed by atoms with van der Waals surface area (Å²) in [5.74, 6) is 1.18. The van der Waals surface area contributed by atoms with E-state index in [0.717, 1.165) is 11.1 Å². The summed E-state index contributed by atoms with van der Waals surface area (Å²) in [7, 11) is 0. The molecule has 0 atom stereocenters. The molecule has 5 heteroatoms. The molecule has 22 heavy (non-hydrogen) atoms. The van der Waals surface area contributed by atoms with Crippen molar-refractivity contribution in [2.75, 3.05) is 0 Å². The Morgan fingerprint density at radius 3 is 2.41 bits per heavy atom. The van der Waals surface area contributed by atoms with Crippen LogP contribution in [0.3, 0.4) is 0 Å². The van der Waals surface area contributed by atoms with Gasteiger partial charge < -0.3 is 4.42 Å². The predicted molar refractivity (Wildman–Crippen MR) is 84.0 cm³/mol. The number of aromatic nitrogens is 1. The van der Waals surface area contributed by atoms with Gasteiger partial charge in [0.1, 0.15) is 0 Å². The van der Waals surface area contributed by atoms with Gasteiger partial charge in [0, 0.05) is 23.8 Å². The zero-order valence-electron chi connectivity index (χ0n) is 11.5. The molecular weight excluding hydrogens is 280 g/mol. The van der Waals surface area contributed by atoms with Crippen molar-refractivity contribution in [1.82, 2.24) is 4.98 Å². The Kier molecular flexibility index (Phi) is 3.78. The molecule has 0 aliphatic heterocycles. The van der Waals surface area contributed by atoms with E-state index < -0.39 is 4.92 Å². The molecule has 0 spiro atoms. The van der Waals surface area contributed by atoms with Crippen molar-refractivity contribution in [3.8, 4) is 11.3 Å². The van der Waals surface area contributed by atoms with E-state index in [9.17, 15) is 10.1 Å². The first-order chi connectivity index (χ1) is 10.7. The van der Waals surface area contributed by atoms with Gasteiger partial charge in [0.2, 0.25) is 5.89 Å². The van der Waals surface area contributed by atoms with Crippen LogP contribution >= 0.6 is 0 Å². The molecule has 0 unspecified atom stereocenters. The number of nitrogens with zero attached hydrogens (tertiary/aromatic N) is 2. The molecule has 3 aromatic rings. The van der Waals surface area contributed by atoms with E-state index in [-0.39, 0.29) is 5.69 Å². The van der Waals surface area contributed by atoms with Crippen molar-refractivity contribution < 1.29 is 9.34 Å². The van der Waals surface area contributed by atoms with E-state index in [1.54, 1.807) is 30.5 Å². The standard InChI is InChI=1S/C17H12N2O3/c20-19(21)15-9-6-13(7-10-15)8-11-17-18-12-16(22-17)14-4-2-1-3-5-14/h1-12H/b11-8+. The minimum absolute atomic E-state index is 0.0691. The molecule has 0 amide bonds. The van der Waals surface area contributed by atoms with Gasteiger partial charge in [0.25, 0.3) is 5.69 Å². The second-order valence-electron chi connectivity index (χ2n) is 4.61. The summed E-state index contributed by atoms with van der Waals surface area (Å²) in [6.45, 7) is 0. The number of benzene rings is 2. The van der Waals surface area contributed by atoms with Crippen molar-refractivity contribution >= 4 is 17.8 Å². The number of rotatable bonds is 4. The molecule has 0 radical (unpaired) electrons. The van der Waals surface area contributed by atoms with Gasteiger partial charge in [-0.1, -0.05) is 30.3 Å². The van der Waals surface area contributed by atoms with Crippen molar-refractivity contribution in [3.05, 3.63) is 82.4 Å². The van der Waals surface area contributed by atoms with E-state index in [0.29, 0.717) is 11.7 Å². The smallest absolute Gasteiger partial charge is 0.269 e. The number of non-ortho nitro benzene ring substituents is 1. The number of nitro groups is 1. The summed E-state index contributed by atoms with van der Waals surface area (Å²) in [5.41, 5.74) is 1.87. The Morgan fingerprint density at radius 1 is 1.00 bits per heavy atom. The Morgan fingerprint density at radius 2 is 1.73 bits per heavy atom. The van der Waals surface area contributed by atoms with Gasteiger partial charge in [-0.15, -0.1) is 0 Å². The molecule has 0 fully saturated rings. The summed E-state index contributed by atoms with van der Waals surface area (Å²) in [5, 5.41) is 10.6. The van der Waals surface area contributed by atoms with Crippen molar-refractivity contribution in [3.63, 3.8) is 0 Å². The molecule has 1 aromatic heterocycles. The quantitative estimate of drug-likeness (QED) is 0.527. The van der Waals surface area contributed by atoms with Crippen LogP contribution in [-0.4, -0.2) is 9.91 Å². The van der Waals surface area contributed by atoms with E-state index in [1.807, 2.05) is 30.3 Å². The van der Waals surface area contributed by atoms with Gasteiger partial charge >= 0.3 is 0 Å². The fraction of sp³-hybridized carbons (Fsp3) is 0. The van der Waals surface area contributed by atoms with Crippen LogP contribution in [-0.2, 0) is 0 Å². The SMILES string of the molecule is O=[N+]([O-])c1ccc(/C=C/c2ncc(-c3ccccc3)o2)cc1. The monoisotopic (exact) mass is 292 g/mol. The number of hydrogen-bond donors (Lipinski definition) is 0. The zero-order chi connectivity index (χ0) is 15.4. The van der Waals surface area contributed by atoms with Gasteiger partial charge in [-0.05, 0) is 23.8 Å². The lowest BCUT2D eigenvalue weighted by Gasteiger charge is -1.94. The van der Waals surface area contributed by atoms with Crippen LogP contribution in [0.1, 0.15) is 11.5 Å². The molecule has 2 aromatic carbocycles. The summed E-state index contributed by atoms with van der Waals surface area (Å²) in [6.07, 6.45) is 5.20. The lowest BCUT2D eigenvalue weighted by atomic mass is 10.2. The van der Waals surface area contributed by atoms with E-state index in [2.05, 4.69) is 4.98 Å². The van der Waals surface area contributed by atoms with Crippen LogP contribution in [0.4, 0.5) is 5.69 Å². The largest absolute Gasteiger partial charge is 0.437 e. The van der Waals surface area contributed by atoms with Crippen molar-refractivity contribution in [2.45, 2.75) is 0 Å². The maximum atomic E-state index is 10.6. The third-order valence-electron chi connectivity index (χ3n) is 3.10. The van der Waals surface area contributed by atoms with Gasteiger partial charge in [-0.2, -0.15) is 0 Å². The first kappa shape index (κ1) is 13.8. The summed E-state index contributed by atoms with van der Waals surface area (Å²) < 4.78 is 5.65. The van der Waals surface area contributed by atoms with E-state index in [1.165, 1.54) is 12.1 Å². The van der Waals surface area contributed by atoms with Crippen LogP contribution in [0.15, 0.2) is 65.2 Å². The molecule has 0 saturated carbocycles. The molecular formula is C17H12N2O3. The normalized spacial score (nSPS) is 10.9. The van der Waals surface area contributed by atoms with Crippen LogP contribution in [0.5, 0.6) is 0 Å². The minimum Gasteiger partial charge on any atom is -0.437 e. The highest BCUT2D eigenvalue weighted by atomic mass is 16.6. The first-order valence-corrected chi connectivity index (χ1v) is 6.66. The number of hydrogen-bond acceptors (Lipinski definition) is 4. The molecule has 0 aliphatic carbocycles. The van der Waals surface area contributed by atoms with E-state index >= 15 is 0 Å². The van der Waals surface area contributed by atoms with Crippen LogP contribution < -0.4 is 0 Å². The zero-order valence-corrected chi connectivity index (χ0v) is 11.5. The van der Waals surface area contributed by atoms with Crippen LogP contribution in [0, 0.1) is 10.1 Å². The average molecular weight is 292 g/mol. The van der Waals surface area contributed by atoms with E-state index in [4.69, 9.17) is 4.42 Å². The van der Waals surface area contributed by atoms with Crippen molar-refractivity contribution in [2.24, 2.45) is 0 Å². The van der Waals surface area contributed by atoms with Gasteiger partial charge in [-0.25, -0.2) is 4.98 Å². The third kappa shape index (κ3) is 3.09. The Balaban J connectivity index is 1.76. The molecule has 108 valence electrons. The third-order valence-corrected chi connectivity index (χ3v) is 3.10. The molecule has 0 saturated heterocycles. The Labute approximate surface area is 126 Å². The number of nitro benzene ring substituents is 1. The Hall–Kier alpha value is -3.21. The topological polar surface area (TPSA) is 69.2 Å². The molecule has 0 N–H and O–H groups in total. The van der Waals surface area contributed by atoms with Crippen LogP contribution in [0.2, 0.25) is 0 Å². The van der Waals surface area contributed by atoms with Crippen molar-refractivity contribution in [1.29, 1.82) is 0 Å². The second kappa shape index (κ2) is 6.05. The maximum absolute atomic E-state index is 10.6. The highest BCUT2D eigenvalue weighted by molar-refractivity contribution is 5.67. The fourth-order valence-electron chi connectivity index (χ4n) is 1.98. The highest BCUT2D eigenvalue weighted by Gasteiger charge is 2.04. The minimum atomic E-state index is -0.423. The Bertz CT molecular complexity index is 805. The molecule has 0 bridgehead atoms.